The summed E-state index contributed by atoms with van der Waals surface area (Å²) < 4.78 is 0. The summed E-state index contributed by atoms with van der Waals surface area (Å²) in [6.45, 7) is 10.9. The standard InChI is InChI=1S/C10H19NO.ClH/c1-8(2)7(12)9(3,4)10(8)5-11-6-10;/h7,11-12H,5-6H2,1-4H3;1H. The van der Waals surface area contributed by atoms with E-state index in [0.29, 0.717) is 5.41 Å². The number of halogens is 1. The lowest BCUT2D eigenvalue weighted by atomic mass is 9.34. The van der Waals surface area contributed by atoms with Gasteiger partial charge in [0.1, 0.15) is 0 Å². The predicted molar refractivity (Wildman–Crippen MR) is 56.1 cm³/mol. The first kappa shape index (κ1) is 11.3. The molecule has 1 aliphatic carbocycles. The number of rotatable bonds is 0. The van der Waals surface area contributed by atoms with Crippen LogP contribution in [-0.2, 0) is 0 Å². The molecule has 2 nitrogen and oxygen atoms in total. The minimum absolute atomic E-state index is 0. The van der Waals surface area contributed by atoms with Crippen LogP contribution in [-0.4, -0.2) is 24.3 Å². The number of nitrogens with one attached hydrogen (secondary N) is 1. The Morgan fingerprint density at radius 2 is 1.46 bits per heavy atom. The van der Waals surface area contributed by atoms with Gasteiger partial charge in [0, 0.05) is 18.5 Å². The summed E-state index contributed by atoms with van der Waals surface area (Å²) in [5.41, 5.74) is 0.545. The van der Waals surface area contributed by atoms with Crippen LogP contribution in [0.15, 0.2) is 0 Å². The van der Waals surface area contributed by atoms with E-state index < -0.39 is 0 Å². The molecule has 1 aliphatic heterocycles. The third-order valence-corrected chi connectivity index (χ3v) is 4.69. The number of hydrogen-bond donors (Lipinski definition) is 2. The lowest BCUT2D eigenvalue weighted by molar-refractivity contribution is -0.299. The maximum absolute atomic E-state index is 9.98. The van der Waals surface area contributed by atoms with Crippen molar-refractivity contribution in [1.29, 1.82) is 0 Å². The van der Waals surface area contributed by atoms with Crippen molar-refractivity contribution in [2.75, 3.05) is 13.1 Å². The Labute approximate surface area is 86.5 Å². The van der Waals surface area contributed by atoms with Gasteiger partial charge in [0.25, 0.3) is 0 Å². The van der Waals surface area contributed by atoms with Gasteiger partial charge < -0.3 is 10.4 Å². The van der Waals surface area contributed by atoms with Crippen LogP contribution in [0.25, 0.3) is 0 Å². The molecule has 2 N–H and O–H groups in total. The van der Waals surface area contributed by atoms with Gasteiger partial charge in [0.15, 0.2) is 0 Å². The smallest absolute Gasteiger partial charge is 0.0654 e. The Kier molecular flexibility index (Phi) is 2.27. The molecule has 0 aromatic carbocycles. The highest BCUT2D eigenvalue weighted by Gasteiger charge is 2.73. The van der Waals surface area contributed by atoms with E-state index in [1.165, 1.54) is 0 Å². The second kappa shape index (κ2) is 2.62. The Bertz CT molecular complexity index is 203. The first-order valence-electron chi connectivity index (χ1n) is 4.75. The van der Waals surface area contributed by atoms with Crippen molar-refractivity contribution in [1.82, 2.24) is 5.32 Å². The molecule has 0 atom stereocenters. The van der Waals surface area contributed by atoms with E-state index in [1.54, 1.807) is 0 Å². The molecule has 0 radical (unpaired) electrons. The number of aliphatic hydroxyl groups is 1. The molecule has 0 aromatic heterocycles. The molecule has 1 saturated heterocycles. The van der Waals surface area contributed by atoms with Crippen molar-refractivity contribution in [2.24, 2.45) is 16.2 Å². The molecule has 2 aliphatic rings. The molecule has 2 fully saturated rings. The number of aliphatic hydroxyl groups excluding tert-OH is 1. The number of hydrogen-bond acceptors (Lipinski definition) is 2. The molecule has 1 spiro atoms. The van der Waals surface area contributed by atoms with Gasteiger partial charge in [-0.1, -0.05) is 27.7 Å². The van der Waals surface area contributed by atoms with E-state index in [9.17, 15) is 5.11 Å². The molecule has 0 unspecified atom stereocenters. The molecule has 13 heavy (non-hydrogen) atoms. The molecular weight excluding hydrogens is 186 g/mol. The summed E-state index contributed by atoms with van der Waals surface area (Å²) in [5.74, 6) is 0. The summed E-state index contributed by atoms with van der Waals surface area (Å²) >= 11 is 0. The first-order valence-corrected chi connectivity index (χ1v) is 4.75. The van der Waals surface area contributed by atoms with Crippen LogP contribution in [0.4, 0.5) is 0 Å². The summed E-state index contributed by atoms with van der Waals surface area (Å²) in [6.07, 6.45) is -0.146. The van der Waals surface area contributed by atoms with Crippen molar-refractivity contribution >= 4 is 12.4 Å². The van der Waals surface area contributed by atoms with E-state index in [-0.39, 0.29) is 29.3 Å². The quantitative estimate of drug-likeness (QED) is 0.627. The lowest BCUT2D eigenvalue weighted by Gasteiger charge is -2.74. The maximum atomic E-state index is 9.98. The third-order valence-electron chi connectivity index (χ3n) is 4.69. The molecule has 1 saturated carbocycles. The zero-order chi connectivity index (χ0) is 9.20. The SMILES string of the molecule is CC1(C)C(O)C(C)(C)C12CNC2.Cl. The average molecular weight is 206 g/mol. The van der Waals surface area contributed by atoms with Crippen LogP contribution < -0.4 is 5.32 Å². The second-order valence-electron chi connectivity index (χ2n) is 5.53. The monoisotopic (exact) mass is 205 g/mol. The van der Waals surface area contributed by atoms with Crippen LogP contribution in [0.5, 0.6) is 0 Å². The summed E-state index contributed by atoms with van der Waals surface area (Å²) in [5, 5.41) is 13.3. The fraction of sp³-hybridized carbons (Fsp3) is 1.00. The molecule has 0 amide bonds. The first-order chi connectivity index (χ1) is 5.36. The summed E-state index contributed by atoms with van der Waals surface area (Å²) in [6, 6.07) is 0. The van der Waals surface area contributed by atoms with Crippen LogP contribution in [0.3, 0.4) is 0 Å². The zero-order valence-corrected chi connectivity index (χ0v) is 9.66. The maximum Gasteiger partial charge on any atom is 0.0654 e. The largest absolute Gasteiger partial charge is 0.392 e. The van der Waals surface area contributed by atoms with Crippen LogP contribution in [0, 0.1) is 16.2 Å². The fourth-order valence-electron chi connectivity index (χ4n) is 3.46. The van der Waals surface area contributed by atoms with Crippen LogP contribution >= 0.6 is 12.4 Å². The van der Waals surface area contributed by atoms with Crippen LogP contribution in [0.2, 0.25) is 0 Å². The zero-order valence-electron chi connectivity index (χ0n) is 8.85. The van der Waals surface area contributed by atoms with E-state index in [1.807, 2.05) is 0 Å². The molecule has 0 aromatic rings. The summed E-state index contributed by atoms with van der Waals surface area (Å²) in [7, 11) is 0. The van der Waals surface area contributed by atoms with Crippen molar-refractivity contribution < 1.29 is 5.11 Å². The minimum Gasteiger partial charge on any atom is -0.392 e. The summed E-state index contributed by atoms with van der Waals surface area (Å²) in [4.78, 5) is 0. The van der Waals surface area contributed by atoms with Gasteiger partial charge in [-0.05, 0) is 10.8 Å². The molecule has 1 heterocycles. The topological polar surface area (TPSA) is 32.3 Å². The highest BCUT2D eigenvalue weighted by molar-refractivity contribution is 5.85. The van der Waals surface area contributed by atoms with Crippen molar-refractivity contribution in [3.8, 4) is 0 Å². The van der Waals surface area contributed by atoms with E-state index in [4.69, 9.17) is 0 Å². The van der Waals surface area contributed by atoms with E-state index in [2.05, 4.69) is 33.0 Å². The van der Waals surface area contributed by atoms with Gasteiger partial charge in [-0.2, -0.15) is 0 Å². The Morgan fingerprint density at radius 3 is 1.62 bits per heavy atom. The predicted octanol–water partition coefficient (Wildman–Crippen LogP) is 1.42. The third kappa shape index (κ3) is 0.872. The lowest BCUT2D eigenvalue weighted by Crippen LogP contribution is -2.81. The van der Waals surface area contributed by atoms with Crippen molar-refractivity contribution in [3.05, 3.63) is 0 Å². The normalized spacial score (nSPS) is 33.0. The van der Waals surface area contributed by atoms with Gasteiger partial charge in [0.2, 0.25) is 0 Å². The molecule has 2 rings (SSSR count). The molecule has 78 valence electrons. The Hall–Kier alpha value is 0.210. The fourth-order valence-corrected chi connectivity index (χ4v) is 3.46. The molecule has 3 heteroatoms. The highest BCUT2D eigenvalue weighted by atomic mass is 35.5. The van der Waals surface area contributed by atoms with Gasteiger partial charge in [-0.3, -0.25) is 0 Å². The Morgan fingerprint density at radius 1 is 1.08 bits per heavy atom. The van der Waals surface area contributed by atoms with Crippen molar-refractivity contribution in [2.45, 2.75) is 33.8 Å². The Balaban J connectivity index is 0.000000845. The molecular formula is C10H20ClNO. The minimum atomic E-state index is -0.146. The van der Waals surface area contributed by atoms with Gasteiger partial charge >= 0.3 is 0 Å². The molecule has 0 bridgehead atoms. The van der Waals surface area contributed by atoms with Crippen LogP contribution in [0.1, 0.15) is 27.7 Å². The van der Waals surface area contributed by atoms with Crippen molar-refractivity contribution in [3.63, 3.8) is 0 Å². The second-order valence-corrected chi connectivity index (χ2v) is 5.53. The van der Waals surface area contributed by atoms with Gasteiger partial charge in [-0.25, -0.2) is 0 Å². The highest BCUT2D eigenvalue weighted by Crippen LogP contribution is 2.69. The van der Waals surface area contributed by atoms with Gasteiger partial charge in [-0.15, -0.1) is 12.4 Å². The van der Waals surface area contributed by atoms with Gasteiger partial charge in [0.05, 0.1) is 6.10 Å². The van der Waals surface area contributed by atoms with E-state index >= 15 is 0 Å². The van der Waals surface area contributed by atoms with E-state index in [0.717, 1.165) is 13.1 Å². The average Bonchev–Trinajstić information content (AvgIpc) is 1.81.